The molecule has 102 valence electrons. The zero-order chi connectivity index (χ0) is 13.1. The molecule has 0 aromatic heterocycles. The van der Waals surface area contributed by atoms with E-state index in [1.54, 1.807) is 0 Å². The van der Waals surface area contributed by atoms with Crippen LogP contribution in [0.5, 0.6) is 0 Å². The molecule has 2 nitrogen and oxygen atoms in total. The van der Waals surface area contributed by atoms with Gasteiger partial charge in [-0.25, -0.2) is 0 Å². The van der Waals surface area contributed by atoms with Crippen molar-refractivity contribution in [1.82, 2.24) is 5.32 Å². The van der Waals surface area contributed by atoms with Crippen LogP contribution in [0.25, 0.3) is 0 Å². The minimum atomic E-state index is -0.207. The normalized spacial score (nSPS) is 32.5. The zero-order valence-corrected chi connectivity index (χ0v) is 12.3. The lowest BCUT2D eigenvalue weighted by Crippen LogP contribution is -2.43. The lowest BCUT2D eigenvalue weighted by Gasteiger charge is -2.34. The molecule has 1 saturated carbocycles. The van der Waals surface area contributed by atoms with Crippen molar-refractivity contribution in [3.63, 3.8) is 0 Å². The minimum Gasteiger partial charge on any atom is -0.392 e. The molecule has 0 radical (unpaired) electrons. The van der Waals surface area contributed by atoms with Gasteiger partial charge in [0.15, 0.2) is 0 Å². The van der Waals surface area contributed by atoms with Gasteiger partial charge in [0.05, 0.1) is 6.10 Å². The molecular formula is C15H31NO. The second-order valence-corrected chi connectivity index (χ2v) is 7.33. The molecule has 0 aromatic rings. The Morgan fingerprint density at radius 2 is 1.88 bits per heavy atom. The third-order valence-corrected chi connectivity index (χ3v) is 3.90. The van der Waals surface area contributed by atoms with Crippen LogP contribution in [0.4, 0.5) is 0 Å². The summed E-state index contributed by atoms with van der Waals surface area (Å²) in [5.74, 6) is 1.63. The molecule has 1 aliphatic rings. The Hall–Kier alpha value is -0.0800. The Bertz CT molecular complexity index is 221. The summed E-state index contributed by atoms with van der Waals surface area (Å²) in [5, 5.41) is 13.6. The molecule has 1 aliphatic carbocycles. The van der Waals surface area contributed by atoms with Crippen LogP contribution in [0.3, 0.4) is 0 Å². The quantitative estimate of drug-likeness (QED) is 0.792. The topological polar surface area (TPSA) is 32.3 Å². The Kier molecular flexibility index (Phi) is 5.46. The molecule has 1 rings (SSSR count). The Balaban J connectivity index is 2.26. The molecule has 4 atom stereocenters. The average Bonchev–Trinajstić information content (AvgIpc) is 2.13. The molecule has 0 amide bonds. The maximum absolute atomic E-state index is 9.99. The van der Waals surface area contributed by atoms with Crippen LogP contribution in [-0.4, -0.2) is 23.8 Å². The van der Waals surface area contributed by atoms with E-state index in [9.17, 15) is 5.11 Å². The van der Waals surface area contributed by atoms with E-state index < -0.39 is 0 Å². The van der Waals surface area contributed by atoms with Gasteiger partial charge in [-0.15, -0.1) is 0 Å². The van der Waals surface area contributed by atoms with E-state index >= 15 is 0 Å². The van der Waals surface area contributed by atoms with Gasteiger partial charge in [0.25, 0.3) is 0 Å². The first-order chi connectivity index (χ1) is 7.78. The van der Waals surface area contributed by atoms with Gasteiger partial charge in [-0.1, -0.05) is 34.6 Å². The van der Waals surface area contributed by atoms with E-state index in [0.717, 1.165) is 24.8 Å². The van der Waals surface area contributed by atoms with Crippen LogP contribution in [0.15, 0.2) is 0 Å². The molecule has 2 heteroatoms. The summed E-state index contributed by atoms with van der Waals surface area (Å²) in [6.07, 6.45) is 4.59. The fourth-order valence-corrected chi connectivity index (χ4v) is 3.04. The predicted octanol–water partition coefficient (Wildman–Crippen LogP) is 3.20. The smallest absolute Gasteiger partial charge is 0.0669 e. The van der Waals surface area contributed by atoms with E-state index in [0.29, 0.717) is 6.04 Å². The minimum absolute atomic E-state index is 0.207. The van der Waals surface area contributed by atoms with Crippen LogP contribution >= 0.6 is 0 Å². The maximum Gasteiger partial charge on any atom is 0.0669 e. The Morgan fingerprint density at radius 1 is 1.24 bits per heavy atom. The molecule has 0 saturated heterocycles. The molecule has 0 spiro atoms. The van der Waals surface area contributed by atoms with Gasteiger partial charge in [-0.2, -0.15) is 0 Å². The van der Waals surface area contributed by atoms with E-state index in [1.807, 2.05) is 0 Å². The van der Waals surface area contributed by atoms with Crippen LogP contribution in [0.1, 0.15) is 60.3 Å². The van der Waals surface area contributed by atoms with Gasteiger partial charge >= 0.3 is 0 Å². The summed E-state index contributed by atoms with van der Waals surface area (Å²) in [4.78, 5) is 0. The second kappa shape index (κ2) is 6.19. The average molecular weight is 241 g/mol. The third kappa shape index (κ3) is 5.87. The van der Waals surface area contributed by atoms with Crippen molar-refractivity contribution < 1.29 is 5.11 Å². The Labute approximate surface area is 107 Å². The Morgan fingerprint density at radius 3 is 2.41 bits per heavy atom. The van der Waals surface area contributed by atoms with Gasteiger partial charge in [0.2, 0.25) is 0 Å². The zero-order valence-electron chi connectivity index (χ0n) is 12.3. The molecule has 2 N–H and O–H groups in total. The summed E-state index contributed by atoms with van der Waals surface area (Å²) in [6.45, 7) is 12.0. The fourth-order valence-electron chi connectivity index (χ4n) is 3.04. The van der Waals surface area contributed by atoms with Gasteiger partial charge in [-0.3, -0.25) is 0 Å². The van der Waals surface area contributed by atoms with Gasteiger partial charge < -0.3 is 10.4 Å². The number of hydrogen-bond donors (Lipinski definition) is 2. The maximum atomic E-state index is 9.99. The summed E-state index contributed by atoms with van der Waals surface area (Å²) in [6, 6.07) is 0.612. The largest absolute Gasteiger partial charge is 0.392 e. The lowest BCUT2D eigenvalue weighted by atomic mass is 9.79. The SMILES string of the molecule is CC1CCC(NCC(O)CC(C)(C)C)C(C)C1. The van der Waals surface area contributed by atoms with Crippen molar-refractivity contribution >= 4 is 0 Å². The van der Waals surface area contributed by atoms with Crippen LogP contribution in [-0.2, 0) is 0 Å². The predicted molar refractivity (Wildman–Crippen MR) is 74.0 cm³/mol. The molecule has 4 unspecified atom stereocenters. The number of rotatable bonds is 4. The monoisotopic (exact) mass is 241 g/mol. The van der Waals surface area contributed by atoms with Crippen molar-refractivity contribution in [2.24, 2.45) is 17.3 Å². The van der Waals surface area contributed by atoms with Crippen molar-refractivity contribution in [3.8, 4) is 0 Å². The highest BCUT2D eigenvalue weighted by Gasteiger charge is 2.25. The number of nitrogens with one attached hydrogen (secondary N) is 1. The third-order valence-electron chi connectivity index (χ3n) is 3.90. The van der Waals surface area contributed by atoms with Crippen LogP contribution in [0, 0.1) is 17.3 Å². The first-order valence-electron chi connectivity index (χ1n) is 7.19. The summed E-state index contributed by atoms with van der Waals surface area (Å²) < 4.78 is 0. The van der Waals surface area contributed by atoms with Gasteiger partial charge in [0.1, 0.15) is 0 Å². The highest BCUT2D eigenvalue weighted by atomic mass is 16.3. The second-order valence-electron chi connectivity index (χ2n) is 7.33. The van der Waals surface area contributed by atoms with Crippen molar-refractivity contribution in [1.29, 1.82) is 0 Å². The first kappa shape index (κ1) is 15.0. The van der Waals surface area contributed by atoms with Crippen molar-refractivity contribution in [3.05, 3.63) is 0 Å². The standard InChI is InChI=1S/C15H31NO/c1-11-6-7-14(12(2)8-11)16-10-13(17)9-15(3,4)5/h11-14,16-17H,6-10H2,1-5H3. The highest BCUT2D eigenvalue weighted by Crippen LogP contribution is 2.28. The molecule has 0 aliphatic heterocycles. The van der Waals surface area contributed by atoms with Gasteiger partial charge in [-0.05, 0) is 42.9 Å². The van der Waals surface area contributed by atoms with Crippen LogP contribution < -0.4 is 5.32 Å². The van der Waals surface area contributed by atoms with E-state index in [1.165, 1.54) is 19.3 Å². The van der Waals surface area contributed by atoms with Crippen LogP contribution in [0.2, 0.25) is 0 Å². The molecule has 0 heterocycles. The van der Waals surface area contributed by atoms with Crippen molar-refractivity contribution in [2.75, 3.05) is 6.54 Å². The highest BCUT2D eigenvalue weighted by molar-refractivity contribution is 4.82. The molecule has 0 bridgehead atoms. The van der Waals surface area contributed by atoms with E-state index in [2.05, 4.69) is 39.9 Å². The van der Waals surface area contributed by atoms with E-state index in [-0.39, 0.29) is 11.5 Å². The lowest BCUT2D eigenvalue weighted by molar-refractivity contribution is 0.108. The van der Waals surface area contributed by atoms with E-state index in [4.69, 9.17) is 0 Å². The molecule has 0 aromatic carbocycles. The number of hydrogen-bond acceptors (Lipinski definition) is 2. The van der Waals surface area contributed by atoms with Gasteiger partial charge in [0, 0.05) is 12.6 Å². The molecular weight excluding hydrogens is 210 g/mol. The summed E-state index contributed by atoms with van der Waals surface area (Å²) in [7, 11) is 0. The first-order valence-corrected chi connectivity index (χ1v) is 7.19. The molecule has 17 heavy (non-hydrogen) atoms. The summed E-state index contributed by atoms with van der Waals surface area (Å²) in [5.41, 5.74) is 0.216. The number of aliphatic hydroxyl groups excluding tert-OH is 1. The molecule has 1 fully saturated rings. The number of aliphatic hydroxyl groups is 1. The fraction of sp³-hybridized carbons (Fsp3) is 1.00. The van der Waals surface area contributed by atoms with Crippen molar-refractivity contribution in [2.45, 2.75) is 72.4 Å². The summed E-state index contributed by atoms with van der Waals surface area (Å²) >= 11 is 0.